The van der Waals surface area contributed by atoms with Gasteiger partial charge in [-0.05, 0) is 94.6 Å². The van der Waals surface area contributed by atoms with Crippen LogP contribution in [0.2, 0.25) is 0 Å². The third-order valence-electron chi connectivity index (χ3n) is 11.9. The smallest absolute Gasteiger partial charge is 0.322 e. The normalized spacial score (nSPS) is 20.9. The zero-order valence-corrected chi connectivity index (χ0v) is 33.8. The van der Waals surface area contributed by atoms with E-state index in [1.165, 1.54) is 0 Å². The molecule has 8 rings (SSSR count). The Hall–Kier alpha value is -6.60. The van der Waals surface area contributed by atoms with Crippen molar-refractivity contribution in [3.63, 3.8) is 0 Å². The quantitative estimate of drug-likeness (QED) is 0.161. The van der Waals surface area contributed by atoms with Gasteiger partial charge in [-0.2, -0.15) is 5.26 Å². The van der Waals surface area contributed by atoms with E-state index in [0.717, 1.165) is 73.6 Å². The number of unbranched alkanes of at least 4 members (excludes halogenated alkanes) is 2. The molecule has 2 aromatic heterocycles. The highest BCUT2D eigenvalue weighted by Crippen LogP contribution is 2.33. The monoisotopic (exact) mass is 812 g/mol. The van der Waals surface area contributed by atoms with Crippen molar-refractivity contribution in [3.05, 3.63) is 83.7 Å². The van der Waals surface area contributed by atoms with Crippen molar-refractivity contribution in [3.8, 4) is 11.9 Å². The average Bonchev–Trinajstić information content (AvgIpc) is 3.50. The van der Waals surface area contributed by atoms with Crippen LogP contribution in [0.4, 0.5) is 21.9 Å². The van der Waals surface area contributed by atoms with E-state index < -0.39 is 29.7 Å². The van der Waals surface area contributed by atoms with Crippen LogP contribution < -0.4 is 25.2 Å². The lowest BCUT2D eigenvalue weighted by Gasteiger charge is -2.45. The molecule has 0 bridgehead atoms. The number of amides is 6. The van der Waals surface area contributed by atoms with Gasteiger partial charge in [-0.15, -0.1) is 0 Å². The molecule has 60 heavy (non-hydrogen) atoms. The van der Waals surface area contributed by atoms with Crippen molar-refractivity contribution < 1.29 is 28.7 Å². The van der Waals surface area contributed by atoms with Gasteiger partial charge < -0.3 is 24.8 Å². The van der Waals surface area contributed by atoms with Crippen molar-refractivity contribution in [2.45, 2.75) is 64.1 Å². The molecule has 310 valence electrons. The molecule has 3 atom stereocenters. The standard InChI is InChI=1S/C44H48N10O6/c1-28-27-53(29(2)26-52(28)36-12-8-30(24-45)40-34(36)7-6-16-46-40)44(59)48-31-9-15-39(47-25-31)60-22-5-3-4-17-50-18-20-51(21-19-50)32-10-11-33-35(23-32)43(58)54(42(33)57)37-13-14-38(55)49-41(37)56/h6-12,15-16,23,25,28-29,37H,3-5,13-14,17-22,26-27H2,1-2H3,(H,48,59)(H,49,55,56)/t28-,29+,37?/m0/s1. The number of rotatable bonds is 11. The second-order valence-corrected chi connectivity index (χ2v) is 15.9. The zero-order valence-electron chi connectivity index (χ0n) is 33.8. The first kappa shape index (κ1) is 40.2. The number of piperazine rings is 2. The summed E-state index contributed by atoms with van der Waals surface area (Å²) in [5, 5.41) is 15.7. The summed E-state index contributed by atoms with van der Waals surface area (Å²) in [5.41, 5.74) is 4.27. The molecule has 2 aromatic carbocycles. The minimum absolute atomic E-state index is 0.0385. The zero-order chi connectivity index (χ0) is 41.9. The molecular weight excluding hydrogens is 765 g/mol. The van der Waals surface area contributed by atoms with E-state index in [0.29, 0.717) is 47.9 Å². The number of piperidine rings is 1. The van der Waals surface area contributed by atoms with Crippen molar-refractivity contribution in [2.24, 2.45) is 0 Å². The number of pyridine rings is 2. The van der Waals surface area contributed by atoms with Crippen LogP contribution in [0.1, 0.15) is 72.2 Å². The fraction of sp³-hybridized carbons (Fsp3) is 0.409. The van der Waals surface area contributed by atoms with Crippen molar-refractivity contribution in [2.75, 3.05) is 67.5 Å². The number of benzene rings is 2. The number of aromatic nitrogens is 2. The van der Waals surface area contributed by atoms with E-state index >= 15 is 0 Å². The van der Waals surface area contributed by atoms with E-state index in [4.69, 9.17) is 4.74 Å². The average molecular weight is 813 g/mol. The van der Waals surface area contributed by atoms with E-state index in [2.05, 4.69) is 48.3 Å². The molecule has 4 aromatic rings. The predicted molar refractivity (Wildman–Crippen MR) is 224 cm³/mol. The maximum absolute atomic E-state index is 13.4. The van der Waals surface area contributed by atoms with Crippen LogP contribution in [0.25, 0.3) is 10.9 Å². The lowest BCUT2D eigenvalue weighted by Crippen LogP contribution is -2.59. The van der Waals surface area contributed by atoms with Gasteiger partial charge >= 0.3 is 6.03 Å². The molecule has 4 aliphatic rings. The summed E-state index contributed by atoms with van der Waals surface area (Å²) < 4.78 is 5.90. The Bertz CT molecular complexity index is 2360. The fourth-order valence-electron chi connectivity index (χ4n) is 8.65. The number of fused-ring (bicyclic) bond motifs is 2. The summed E-state index contributed by atoms with van der Waals surface area (Å²) in [6, 6.07) is 17.5. The molecule has 6 amide bonds. The molecule has 3 saturated heterocycles. The summed E-state index contributed by atoms with van der Waals surface area (Å²) in [7, 11) is 0. The highest BCUT2D eigenvalue weighted by atomic mass is 16.5. The SMILES string of the molecule is C[C@@H]1CN(c2ccc(C#N)c3ncccc23)[C@@H](C)CN1C(=O)Nc1ccc(OCCCCCN2CCN(c3ccc4c(c3)C(=O)N(C3CCC(=O)NC3=O)C4=O)CC2)nc1. The van der Waals surface area contributed by atoms with E-state index in [9.17, 15) is 29.2 Å². The summed E-state index contributed by atoms with van der Waals surface area (Å²) in [4.78, 5) is 82.3. The molecule has 16 heteroatoms. The molecule has 1 unspecified atom stereocenters. The summed E-state index contributed by atoms with van der Waals surface area (Å²) in [6.45, 7) is 10.1. The van der Waals surface area contributed by atoms with Gasteiger partial charge in [0, 0.05) is 86.8 Å². The van der Waals surface area contributed by atoms with Gasteiger partial charge in [0.15, 0.2) is 0 Å². The van der Waals surface area contributed by atoms with E-state index in [1.807, 2.05) is 42.2 Å². The number of imide groups is 2. The van der Waals surface area contributed by atoms with Gasteiger partial charge in [-0.1, -0.05) is 0 Å². The van der Waals surface area contributed by atoms with E-state index in [-0.39, 0.29) is 36.5 Å². The Balaban J connectivity index is 0.732. The van der Waals surface area contributed by atoms with Crippen LogP contribution in [0.5, 0.6) is 5.88 Å². The van der Waals surface area contributed by atoms with Crippen LogP contribution in [0.3, 0.4) is 0 Å². The third-order valence-corrected chi connectivity index (χ3v) is 11.9. The molecule has 16 nitrogen and oxygen atoms in total. The second kappa shape index (κ2) is 17.3. The number of anilines is 3. The first-order valence-corrected chi connectivity index (χ1v) is 20.6. The van der Waals surface area contributed by atoms with Gasteiger partial charge in [0.25, 0.3) is 11.8 Å². The number of hydrogen-bond acceptors (Lipinski definition) is 12. The molecule has 3 fully saturated rings. The van der Waals surface area contributed by atoms with Gasteiger partial charge in [0.1, 0.15) is 12.1 Å². The second-order valence-electron chi connectivity index (χ2n) is 15.9. The van der Waals surface area contributed by atoms with Gasteiger partial charge in [0.05, 0.1) is 40.7 Å². The molecule has 0 radical (unpaired) electrons. The van der Waals surface area contributed by atoms with Crippen LogP contribution in [0, 0.1) is 11.3 Å². The Kier molecular flexibility index (Phi) is 11.6. The van der Waals surface area contributed by atoms with Crippen LogP contribution in [-0.4, -0.2) is 125 Å². The summed E-state index contributed by atoms with van der Waals surface area (Å²) >= 11 is 0. The molecule has 0 aliphatic carbocycles. The van der Waals surface area contributed by atoms with E-state index in [1.54, 1.807) is 36.7 Å². The molecule has 4 aliphatic heterocycles. The number of nitrogens with zero attached hydrogens (tertiary/aromatic N) is 8. The van der Waals surface area contributed by atoms with Gasteiger partial charge in [-0.3, -0.25) is 39.3 Å². The van der Waals surface area contributed by atoms with Crippen LogP contribution in [0.15, 0.2) is 67.0 Å². The maximum Gasteiger partial charge on any atom is 0.322 e. The van der Waals surface area contributed by atoms with Crippen LogP contribution >= 0.6 is 0 Å². The van der Waals surface area contributed by atoms with Crippen molar-refractivity contribution in [1.29, 1.82) is 5.26 Å². The number of nitriles is 1. The number of nitrogens with one attached hydrogen (secondary N) is 2. The number of hydrogen-bond donors (Lipinski definition) is 2. The lowest BCUT2D eigenvalue weighted by atomic mass is 10.0. The first-order valence-electron chi connectivity index (χ1n) is 20.6. The third kappa shape index (κ3) is 8.17. The number of carbonyl (C=O) groups is 5. The topological polar surface area (TPSA) is 184 Å². The Morgan fingerprint density at radius 1 is 0.917 bits per heavy atom. The first-order chi connectivity index (χ1) is 29.1. The summed E-state index contributed by atoms with van der Waals surface area (Å²) in [5.74, 6) is -1.50. The van der Waals surface area contributed by atoms with Gasteiger partial charge in [-0.25, -0.2) is 9.78 Å². The largest absolute Gasteiger partial charge is 0.478 e. The number of ether oxygens (including phenoxy) is 1. The molecule has 6 heterocycles. The summed E-state index contributed by atoms with van der Waals surface area (Å²) in [6.07, 6.45) is 6.44. The molecule has 0 spiro atoms. The maximum atomic E-state index is 13.4. The van der Waals surface area contributed by atoms with Crippen molar-refractivity contribution >= 4 is 57.6 Å². The fourth-order valence-corrected chi connectivity index (χ4v) is 8.65. The van der Waals surface area contributed by atoms with Crippen LogP contribution in [-0.2, 0) is 9.59 Å². The Labute approximate surface area is 348 Å². The highest BCUT2D eigenvalue weighted by molar-refractivity contribution is 6.23. The number of urea groups is 1. The molecule has 2 N–H and O–H groups in total. The number of carbonyl (C=O) groups excluding carboxylic acids is 5. The predicted octanol–water partition coefficient (Wildman–Crippen LogP) is 4.41. The lowest BCUT2D eigenvalue weighted by molar-refractivity contribution is -0.136. The van der Waals surface area contributed by atoms with Gasteiger partial charge in [0.2, 0.25) is 17.7 Å². The minimum Gasteiger partial charge on any atom is -0.478 e. The highest BCUT2D eigenvalue weighted by Gasteiger charge is 2.45. The Morgan fingerprint density at radius 2 is 1.73 bits per heavy atom. The molecular formula is C44H48N10O6. The molecule has 0 saturated carbocycles. The minimum atomic E-state index is -0.977. The Morgan fingerprint density at radius 3 is 2.50 bits per heavy atom. The van der Waals surface area contributed by atoms with Crippen molar-refractivity contribution in [1.82, 2.24) is 30.0 Å².